The van der Waals surface area contributed by atoms with E-state index in [1.807, 2.05) is 18.2 Å². The molecule has 1 aromatic heterocycles. The molecular weight excluding hydrogens is 186 g/mol. The van der Waals surface area contributed by atoms with Gasteiger partial charge < -0.3 is 9.52 Å². The standard InChI is InChI=1S/C9H9NO2S/c11-3-4-13-7-1-2-8-9(5-7)12-6-10-8/h1-2,5-6,11H,3-4H2. The number of hydrogen-bond donors (Lipinski definition) is 1. The summed E-state index contributed by atoms with van der Waals surface area (Å²) in [5, 5.41) is 8.64. The minimum Gasteiger partial charge on any atom is -0.443 e. The van der Waals surface area contributed by atoms with Crippen molar-refractivity contribution < 1.29 is 9.52 Å². The summed E-state index contributed by atoms with van der Waals surface area (Å²) in [6.07, 6.45) is 1.44. The average molecular weight is 195 g/mol. The van der Waals surface area contributed by atoms with Gasteiger partial charge in [0.1, 0.15) is 5.52 Å². The zero-order chi connectivity index (χ0) is 9.10. The first-order chi connectivity index (χ1) is 6.40. The van der Waals surface area contributed by atoms with Crippen LogP contribution in [0.4, 0.5) is 0 Å². The van der Waals surface area contributed by atoms with Crippen LogP contribution in [-0.4, -0.2) is 22.5 Å². The molecule has 2 rings (SSSR count). The fourth-order valence-electron chi connectivity index (χ4n) is 1.09. The van der Waals surface area contributed by atoms with E-state index in [-0.39, 0.29) is 6.61 Å². The number of nitrogens with zero attached hydrogens (tertiary/aromatic N) is 1. The predicted molar refractivity (Wildman–Crippen MR) is 51.8 cm³/mol. The number of aliphatic hydroxyl groups is 1. The molecule has 1 N–H and O–H groups in total. The van der Waals surface area contributed by atoms with E-state index in [9.17, 15) is 0 Å². The summed E-state index contributed by atoms with van der Waals surface area (Å²) in [4.78, 5) is 5.11. The molecule has 0 spiro atoms. The van der Waals surface area contributed by atoms with Crippen LogP contribution in [0, 0.1) is 0 Å². The van der Waals surface area contributed by atoms with Crippen LogP contribution < -0.4 is 0 Å². The Hall–Kier alpha value is -1.00. The Kier molecular flexibility index (Phi) is 2.52. The molecule has 1 aromatic carbocycles. The van der Waals surface area contributed by atoms with Gasteiger partial charge in [-0.3, -0.25) is 0 Å². The molecule has 0 atom stereocenters. The van der Waals surface area contributed by atoms with E-state index in [0.29, 0.717) is 5.75 Å². The SMILES string of the molecule is OCCSc1ccc2ncoc2c1. The van der Waals surface area contributed by atoms with Crippen molar-refractivity contribution >= 4 is 22.9 Å². The summed E-state index contributed by atoms with van der Waals surface area (Å²) in [6.45, 7) is 0.194. The van der Waals surface area contributed by atoms with Gasteiger partial charge >= 0.3 is 0 Å². The van der Waals surface area contributed by atoms with Crippen molar-refractivity contribution in [3.05, 3.63) is 24.6 Å². The van der Waals surface area contributed by atoms with Crippen LogP contribution in [0.25, 0.3) is 11.1 Å². The molecule has 0 radical (unpaired) electrons. The Morgan fingerprint density at radius 3 is 3.23 bits per heavy atom. The van der Waals surface area contributed by atoms with Gasteiger partial charge in [0.25, 0.3) is 0 Å². The molecule has 4 heteroatoms. The van der Waals surface area contributed by atoms with Gasteiger partial charge in [-0.1, -0.05) is 0 Å². The van der Waals surface area contributed by atoms with Crippen LogP contribution in [-0.2, 0) is 0 Å². The topological polar surface area (TPSA) is 46.3 Å². The third-order valence-corrected chi connectivity index (χ3v) is 2.64. The molecule has 68 valence electrons. The number of aromatic nitrogens is 1. The monoisotopic (exact) mass is 195 g/mol. The molecular formula is C9H9NO2S. The summed E-state index contributed by atoms with van der Waals surface area (Å²) in [7, 11) is 0. The quantitative estimate of drug-likeness (QED) is 0.760. The average Bonchev–Trinajstić information content (AvgIpc) is 2.61. The van der Waals surface area contributed by atoms with Crippen LogP contribution in [0.1, 0.15) is 0 Å². The maximum Gasteiger partial charge on any atom is 0.181 e. The molecule has 0 fully saturated rings. The van der Waals surface area contributed by atoms with Gasteiger partial charge in [0.05, 0.1) is 6.61 Å². The number of aliphatic hydroxyl groups excluding tert-OH is 1. The maximum atomic E-state index is 8.64. The Labute approximate surface area is 79.8 Å². The van der Waals surface area contributed by atoms with Crippen molar-refractivity contribution in [2.45, 2.75) is 4.90 Å². The van der Waals surface area contributed by atoms with Crippen molar-refractivity contribution in [1.29, 1.82) is 0 Å². The summed E-state index contributed by atoms with van der Waals surface area (Å²) in [5.41, 5.74) is 1.66. The van der Waals surface area contributed by atoms with E-state index < -0.39 is 0 Å². The Balaban J connectivity index is 2.26. The first kappa shape index (κ1) is 8.59. The minimum atomic E-state index is 0.194. The van der Waals surface area contributed by atoms with Crippen molar-refractivity contribution in [2.75, 3.05) is 12.4 Å². The normalized spacial score (nSPS) is 10.8. The van der Waals surface area contributed by atoms with Crippen molar-refractivity contribution in [2.24, 2.45) is 0 Å². The lowest BCUT2D eigenvalue weighted by atomic mass is 10.3. The molecule has 2 aromatic rings. The van der Waals surface area contributed by atoms with Gasteiger partial charge in [0, 0.05) is 10.6 Å². The molecule has 1 heterocycles. The second-order valence-electron chi connectivity index (χ2n) is 2.55. The van der Waals surface area contributed by atoms with Gasteiger partial charge in [-0.2, -0.15) is 0 Å². The van der Waals surface area contributed by atoms with Gasteiger partial charge in [-0.25, -0.2) is 4.98 Å². The Bertz CT molecular complexity index is 399. The third kappa shape index (κ3) is 1.84. The fraction of sp³-hybridized carbons (Fsp3) is 0.222. The van der Waals surface area contributed by atoms with Crippen molar-refractivity contribution in [1.82, 2.24) is 4.98 Å². The molecule has 0 unspecified atom stereocenters. The van der Waals surface area contributed by atoms with E-state index >= 15 is 0 Å². The summed E-state index contributed by atoms with van der Waals surface area (Å²) >= 11 is 1.60. The lowest BCUT2D eigenvalue weighted by Gasteiger charge is -1.97. The van der Waals surface area contributed by atoms with Gasteiger partial charge in [-0.15, -0.1) is 11.8 Å². The molecule has 0 aliphatic carbocycles. The smallest absolute Gasteiger partial charge is 0.181 e. The molecule has 0 aliphatic heterocycles. The summed E-state index contributed by atoms with van der Waals surface area (Å²) in [6, 6.07) is 5.83. The first-order valence-electron chi connectivity index (χ1n) is 3.97. The van der Waals surface area contributed by atoms with Crippen LogP contribution >= 0.6 is 11.8 Å². The lowest BCUT2D eigenvalue weighted by Crippen LogP contribution is -1.84. The summed E-state index contributed by atoms with van der Waals surface area (Å²) in [5.74, 6) is 0.708. The highest BCUT2D eigenvalue weighted by Crippen LogP contribution is 2.22. The largest absolute Gasteiger partial charge is 0.443 e. The molecule has 3 nitrogen and oxygen atoms in total. The molecule has 0 bridgehead atoms. The number of fused-ring (bicyclic) bond motifs is 1. The Morgan fingerprint density at radius 2 is 2.38 bits per heavy atom. The molecule has 0 amide bonds. The van der Waals surface area contributed by atoms with Crippen LogP contribution in [0.15, 0.2) is 33.9 Å². The fourth-order valence-corrected chi connectivity index (χ4v) is 1.77. The van der Waals surface area contributed by atoms with E-state index in [4.69, 9.17) is 9.52 Å². The van der Waals surface area contributed by atoms with Crippen LogP contribution in [0.2, 0.25) is 0 Å². The lowest BCUT2D eigenvalue weighted by molar-refractivity contribution is 0.322. The Morgan fingerprint density at radius 1 is 1.46 bits per heavy atom. The first-order valence-corrected chi connectivity index (χ1v) is 4.95. The maximum absolute atomic E-state index is 8.64. The van der Waals surface area contributed by atoms with Crippen molar-refractivity contribution in [3.63, 3.8) is 0 Å². The number of thioether (sulfide) groups is 1. The van der Waals surface area contributed by atoms with Crippen molar-refractivity contribution in [3.8, 4) is 0 Å². The zero-order valence-electron chi connectivity index (χ0n) is 6.93. The molecule has 0 saturated heterocycles. The second-order valence-corrected chi connectivity index (χ2v) is 3.72. The van der Waals surface area contributed by atoms with Crippen LogP contribution in [0.5, 0.6) is 0 Å². The molecule has 0 aliphatic rings. The van der Waals surface area contributed by atoms with E-state index in [0.717, 1.165) is 16.0 Å². The minimum absolute atomic E-state index is 0.194. The van der Waals surface area contributed by atoms with Gasteiger partial charge in [-0.05, 0) is 18.2 Å². The number of hydrogen-bond acceptors (Lipinski definition) is 4. The highest BCUT2D eigenvalue weighted by Gasteiger charge is 1.99. The van der Waals surface area contributed by atoms with Gasteiger partial charge in [0.15, 0.2) is 12.0 Å². The van der Waals surface area contributed by atoms with E-state index in [1.165, 1.54) is 6.39 Å². The molecule has 13 heavy (non-hydrogen) atoms. The second kappa shape index (κ2) is 3.81. The number of rotatable bonds is 3. The number of oxazole rings is 1. The predicted octanol–water partition coefficient (Wildman–Crippen LogP) is 1.91. The zero-order valence-corrected chi connectivity index (χ0v) is 7.75. The van der Waals surface area contributed by atoms with E-state index in [2.05, 4.69) is 4.98 Å². The number of benzene rings is 1. The highest BCUT2D eigenvalue weighted by atomic mass is 32.2. The van der Waals surface area contributed by atoms with E-state index in [1.54, 1.807) is 11.8 Å². The summed E-state index contributed by atoms with van der Waals surface area (Å²) < 4.78 is 5.15. The molecule has 0 saturated carbocycles. The van der Waals surface area contributed by atoms with Crippen LogP contribution in [0.3, 0.4) is 0 Å². The highest BCUT2D eigenvalue weighted by molar-refractivity contribution is 7.99. The third-order valence-electron chi connectivity index (χ3n) is 1.66. The van der Waals surface area contributed by atoms with Gasteiger partial charge in [0.2, 0.25) is 0 Å².